The zero-order valence-corrected chi connectivity index (χ0v) is 33.7. The minimum Gasteiger partial charge on any atom is -0.305 e. The molecule has 6 heterocycles. The van der Waals surface area contributed by atoms with Gasteiger partial charge >= 0.3 is 0 Å². The maximum Gasteiger partial charge on any atom is 0.234 e. The van der Waals surface area contributed by atoms with Crippen LogP contribution >= 0.6 is 0 Å². The fraction of sp³-hybridized carbons (Fsp3) is 0. The van der Waals surface area contributed by atoms with Crippen LogP contribution in [0.2, 0.25) is 0 Å². The maximum absolute atomic E-state index is 5.23. The van der Waals surface area contributed by atoms with Crippen LogP contribution in [0.3, 0.4) is 0 Å². The van der Waals surface area contributed by atoms with Gasteiger partial charge in [-0.2, -0.15) is 0 Å². The molecule has 0 atom stereocenters. The molecule has 7 aromatic carbocycles. The fourth-order valence-electron chi connectivity index (χ4n) is 9.39. The van der Waals surface area contributed by atoms with Crippen molar-refractivity contribution in [3.63, 3.8) is 0 Å². The minimum absolute atomic E-state index is 0.606. The van der Waals surface area contributed by atoms with E-state index >= 15 is 0 Å². The second-order valence-electron chi connectivity index (χ2n) is 15.8. The molecule has 8 nitrogen and oxygen atoms in total. The van der Waals surface area contributed by atoms with E-state index in [9.17, 15) is 0 Å². The fourth-order valence-corrected chi connectivity index (χ4v) is 9.39. The molecule has 0 aliphatic carbocycles. The molecule has 294 valence electrons. The molecular weight excluding hydrogens is 773 g/mol. The summed E-state index contributed by atoms with van der Waals surface area (Å²) in [6, 6.07) is 65.6. The lowest BCUT2D eigenvalue weighted by Crippen LogP contribution is -2.03. The van der Waals surface area contributed by atoms with Gasteiger partial charge in [0.05, 0.1) is 62.4 Å². The Bertz CT molecular complexity index is 3790. The van der Waals surface area contributed by atoms with Crippen LogP contribution in [-0.4, -0.2) is 38.6 Å². The molecule has 0 aliphatic rings. The van der Waals surface area contributed by atoms with E-state index in [4.69, 9.17) is 24.9 Å². The molecule has 0 unspecified atom stereocenters. The molecule has 0 radical (unpaired) electrons. The molecule has 0 spiro atoms. The van der Waals surface area contributed by atoms with Crippen LogP contribution in [0.4, 0.5) is 0 Å². The van der Waals surface area contributed by atoms with Gasteiger partial charge in [-0.15, -0.1) is 0 Å². The van der Waals surface area contributed by atoms with Gasteiger partial charge in [-0.3, -0.25) is 14.1 Å². The predicted molar refractivity (Wildman–Crippen MR) is 255 cm³/mol. The van der Waals surface area contributed by atoms with E-state index in [1.54, 1.807) is 0 Å². The van der Waals surface area contributed by atoms with Gasteiger partial charge in [0.2, 0.25) is 5.95 Å². The SMILES string of the molecule is c1ccc(-c2cc(-n3c4ccccc4c4cc(-c5ccc6c7ccccc7n(-c7ncc(-n8c9ccccc9c9ncccc98)cn7)c6c5)ccc43)nc(-c3ccccc3)n2)cc1. The molecule has 63 heavy (non-hydrogen) atoms. The Morgan fingerprint density at radius 2 is 0.905 bits per heavy atom. The van der Waals surface area contributed by atoms with E-state index in [0.29, 0.717) is 11.8 Å². The van der Waals surface area contributed by atoms with Crippen LogP contribution in [0, 0.1) is 0 Å². The highest BCUT2D eigenvalue weighted by Crippen LogP contribution is 2.39. The molecule has 0 aliphatic heterocycles. The highest BCUT2D eigenvalue weighted by atomic mass is 15.2. The summed E-state index contributed by atoms with van der Waals surface area (Å²) in [4.78, 5) is 25.1. The topological polar surface area (TPSA) is 79.2 Å². The summed E-state index contributed by atoms with van der Waals surface area (Å²) in [5, 5.41) is 5.68. The summed E-state index contributed by atoms with van der Waals surface area (Å²) in [7, 11) is 0. The summed E-state index contributed by atoms with van der Waals surface area (Å²) in [6.45, 7) is 0. The average molecular weight is 807 g/mol. The molecule has 0 saturated heterocycles. The van der Waals surface area contributed by atoms with Crippen molar-refractivity contribution in [2.45, 2.75) is 0 Å². The lowest BCUT2D eigenvalue weighted by molar-refractivity contribution is 0.967. The molecule has 0 N–H and O–H groups in total. The van der Waals surface area contributed by atoms with Gasteiger partial charge in [-0.05, 0) is 59.7 Å². The first-order chi connectivity index (χ1) is 31.2. The molecule has 13 aromatic rings. The second-order valence-corrected chi connectivity index (χ2v) is 15.8. The van der Waals surface area contributed by atoms with Gasteiger partial charge in [-0.25, -0.2) is 19.9 Å². The number of para-hydroxylation sites is 3. The lowest BCUT2D eigenvalue weighted by atomic mass is 10.0. The highest BCUT2D eigenvalue weighted by Gasteiger charge is 2.20. The van der Waals surface area contributed by atoms with Crippen molar-refractivity contribution in [3.8, 4) is 51.2 Å². The molecule has 8 heteroatoms. The van der Waals surface area contributed by atoms with Gasteiger partial charge in [0, 0.05) is 50.3 Å². The number of nitrogens with zero attached hydrogens (tertiary/aromatic N) is 8. The first-order valence-electron chi connectivity index (χ1n) is 21.0. The number of hydrogen-bond donors (Lipinski definition) is 0. The van der Waals surface area contributed by atoms with Crippen LogP contribution < -0.4 is 0 Å². The standard InChI is InChI=1S/C55H34N8/c1-3-14-35(15-4-1)45-32-52(60-54(59-45)36-16-5-2-6-17-36)62-46-21-10-8-19-41(46)44-30-37(26-28-49(44)62)38-25-27-42-40-18-7-11-22-47(40)63(51(42)31-38)55-57-33-39(34-58-55)61-48-23-12-9-20-43(48)53-50(61)24-13-29-56-53/h1-34H. The average Bonchev–Trinajstić information content (AvgIpc) is 4.00. The predicted octanol–water partition coefficient (Wildman–Crippen LogP) is 13.0. The van der Waals surface area contributed by atoms with Crippen molar-refractivity contribution >= 4 is 65.5 Å². The van der Waals surface area contributed by atoms with E-state index in [0.717, 1.165) is 105 Å². The number of rotatable bonds is 6. The number of aromatic nitrogens is 8. The zero-order chi connectivity index (χ0) is 41.4. The molecule has 0 bridgehead atoms. The Kier molecular flexibility index (Phi) is 7.74. The third-order valence-electron chi connectivity index (χ3n) is 12.2. The van der Waals surface area contributed by atoms with E-state index in [-0.39, 0.29) is 0 Å². The lowest BCUT2D eigenvalue weighted by Gasteiger charge is -2.12. The Labute approximate surface area is 360 Å². The molecular formula is C55H34N8. The third-order valence-corrected chi connectivity index (χ3v) is 12.2. The van der Waals surface area contributed by atoms with Crippen molar-refractivity contribution in [2.75, 3.05) is 0 Å². The van der Waals surface area contributed by atoms with E-state index in [2.05, 4.69) is 159 Å². The van der Waals surface area contributed by atoms with Gasteiger partial charge in [0.1, 0.15) is 5.82 Å². The summed E-state index contributed by atoms with van der Waals surface area (Å²) >= 11 is 0. The van der Waals surface area contributed by atoms with Crippen molar-refractivity contribution in [3.05, 3.63) is 207 Å². The summed E-state index contributed by atoms with van der Waals surface area (Å²) in [6.07, 6.45) is 5.67. The Hall–Kier alpha value is -8.75. The highest BCUT2D eigenvalue weighted by molar-refractivity contribution is 6.12. The zero-order valence-electron chi connectivity index (χ0n) is 33.7. The minimum atomic E-state index is 0.606. The Balaban J connectivity index is 0.957. The normalized spacial score (nSPS) is 11.8. The van der Waals surface area contributed by atoms with Gasteiger partial charge in [0.15, 0.2) is 5.82 Å². The van der Waals surface area contributed by atoms with Gasteiger partial charge in [-0.1, -0.05) is 133 Å². The third kappa shape index (κ3) is 5.52. The van der Waals surface area contributed by atoms with Crippen LogP contribution in [0.1, 0.15) is 0 Å². The van der Waals surface area contributed by atoms with Crippen molar-refractivity contribution in [2.24, 2.45) is 0 Å². The first kappa shape index (κ1) is 35.0. The quantitative estimate of drug-likeness (QED) is 0.167. The number of hydrogen-bond acceptors (Lipinski definition) is 5. The second kappa shape index (κ2) is 13.9. The Morgan fingerprint density at radius 1 is 0.333 bits per heavy atom. The van der Waals surface area contributed by atoms with Gasteiger partial charge in [0.25, 0.3) is 0 Å². The van der Waals surface area contributed by atoms with Gasteiger partial charge < -0.3 is 4.57 Å². The van der Waals surface area contributed by atoms with Crippen LogP contribution in [0.5, 0.6) is 0 Å². The molecule has 0 fully saturated rings. The Morgan fingerprint density at radius 3 is 1.67 bits per heavy atom. The molecule has 0 amide bonds. The van der Waals surface area contributed by atoms with Crippen LogP contribution in [0.15, 0.2) is 207 Å². The summed E-state index contributed by atoms with van der Waals surface area (Å²) in [5.74, 6) is 2.10. The summed E-state index contributed by atoms with van der Waals surface area (Å²) in [5.41, 5.74) is 13.2. The first-order valence-corrected chi connectivity index (χ1v) is 21.0. The largest absolute Gasteiger partial charge is 0.305 e. The number of fused-ring (bicyclic) bond motifs is 9. The van der Waals surface area contributed by atoms with Crippen molar-refractivity contribution in [1.29, 1.82) is 0 Å². The van der Waals surface area contributed by atoms with Crippen molar-refractivity contribution < 1.29 is 0 Å². The van der Waals surface area contributed by atoms with E-state index in [1.165, 1.54) is 0 Å². The molecule has 0 saturated carbocycles. The number of benzene rings is 7. The summed E-state index contributed by atoms with van der Waals surface area (Å²) < 4.78 is 6.64. The smallest absolute Gasteiger partial charge is 0.234 e. The maximum atomic E-state index is 5.23. The molecule has 6 aromatic heterocycles. The molecule has 13 rings (SSSR count). The van der Waals surface area contributed by atoms with E-state index in [1.807, 2.05) is 61.1 Å². The van der Waals surface area contributed by atoms with Crippen LogP contribution in [0.25, 0.3) is 117 Å². The van der Waals surface area contributed by atoms with Crippen molar-refractivity contribution in [1.82, 2.24) is 38.6 Å². The van der Waals surface area contributed by atoms with E-state index < -0.39 is 0 Å². The monoisotopic (exact) mass is 806 g/mol. The number of pyridine rings is 1. The van der Waals surface area contributed by atoms with Crippen LogP contribution in [-0.2, 0) is 0 Å².